The van der Waals surface area contributed by atoms with Crippen LogP contribution in [-0.2, 0) is 6.54 Å². The standard InChI is InChI=1S/C13H18N4OS/c1-8(2)10-12-15-16-13(17(12)6-5-14-10)11-9(18-3)4-7-19-11/h4,7-8,10,14H,5-6H2,1-3H3. The Morgan fingerprint density at radius 1 is 1.47 bits per heavy atom. The van der Waals surface area contributed by atoms with Crippen molar-refractivity contribution in [2.75, 3.05) is 13.7 Å². The van der Waals surface area contributed by atoms with Crippen LogP contribution >= 0.6 is 11.3 Å². The Balaban J connectivity index is 2.06. The molecule has 0 fully saturated rings. The minimum atomic E-state index is 0.279. The van der Waals surface area contributed by atoms with Crippen molar-refractivity contribution in [3.8, 4) is 16.5 Å². The zero-order valence-electron chi connectivity index (χ0n) is 11.4. The second kappa shape index (κ2) is 4.94. The fourth-order valence-corrected chi connectivity index (χ4v) is 3.36. The van der Waals surface area contributed by atoms with E-state index in [1.165, 1.54) is 0 Å². The summed E-state index contributed by atoms with van der Waals surface area (Å²) >= 11 is 1.65. The second-order valence-electron chi connectivity index (χ2n) is 5.03. The number of thiophene rings is 1. The number of nitrogens with one attached hydrogen (secondary N) is 1. The average Bonchev–Trinajstić information content (AvgIpc) is 3.03. The van der Waals surface area contributed by atoms with Crippen LogP contribution in [0.25, 0.3) is 10.7 Å². The summed E-state index contributed by atoms with van der Waals surface area (Å²) in [6.45, 7) is 6.26. The molecule has 2 aromatic rings. The van der Waals surface area contributed by atoms with Crippen molar-refractivity contribution in [2.24, 2.45) is 5.92 Å². The van der Waals surface area contributed by atoms with E-state index in [1.807, 2.05) is 11.4 Å². The largest absolute Gasteiger partial charge is 0.495 e. The molecule has 0 bridgehead atoms. The average molecular weight is 278 g/mol. The Labute approximate surface area is 116 Å². The molecular weight excluding hydrogens is 260 g/mol. The van der Waals surface area contributed by atoms with Gasteiger partial charge >= 0.3 is 0 Å². The molecule has 0 spiro atoms. The normalized spacial score (nSPS) is 18.6. The lowest BCUT2D eigenvalue weighted by Gasteiger charge is -2.27. The summed E-state index contributed by atoms with van der Waals surface area (Å²) in [6.07, 6.45) is 0. The lowest BCUT2D eigenvalue weighted by molar-refractivity contribution is 0.339. The van der Waals surface area contributed by atoms with E-state index in [1.54, 1.807) is 18.4 Å². The lowest BCUT2D eigenvalue weighted by Crippen LogP contribution is -2.36. The molecule has 2 aromatic heterocycles. The van der Waals surface area contributed by atoms with Gasteiger partial charge in [-0.1, -0.05) is 13.8 Å². The summed E-state index contributed by atoms with van der Waals surface area (Å²) in [5, 5.41) is 14.3. The number of aromatic nitrogens is 3. The van der Waals surface area contributed by atoms with Gasteiger partial charge in [-0.15, -0.1) is 21.5 Å². The quantitative estimate of drug-likeness (QED) is 0.936. The number of hydrogen-bond acceptors (Lipinski definition) is 5. The summed E-state index contributed by atoms with van der Waals surface area (Å²) in [6, 6.07) is 2.25. The van der Waals surface area contributed by atoms with Crippen LogP contribution < -0.4 is 10.1 Å². The van der Waals surface area contributed by atoms with Crippen LogP contribution in [0.15, 0.2) is 11.4 Å². The van der Waals surface area contributed by atoms with Crippen LogP contribution in [0.4, 0.5) is 0 Å². The van der Waals surface area contributed by atoms with Crippen LogP contribution in [-0.4, -0.2) is 28.4 Å². The number of nitrogens with zero attached hydrogens (tertiary/aromatic N) is 3. The minimum absolute atomic E-state index is 0.279. The van der Waals surface area contributed by atoms with Crippen molar-refractivity contribution in [1.29, 1.82) is 0 Å². The van der Waals surface area contributed by atoms with E-state index in [0.29, 0.717) is 5.92 Å². The Bertz CT molecular complexity index is 575. The highest BCUT2D eigenvalue weighted by atomic mass is 32.1. The van der Waals surface area contributed by atoms with Crippen molar-refractivity contribution in [2.45, 2.75) is 26.4 Å². The summed E-state index contributed by atoms with van der Waals surface area (Å²) in [5.74, 6) is 3.34. The summed E-state index contributed by atoms with van der Waals surface area (Å²) in [4.78, 5) is 1.06. The molecule has 0 saturated carbocycles. The van der Waals surface area contributed by atoms with Crippen molar-refractivity contribution in [3.63, 3.8) is 0 Å². The van der Waals surface area contributed by atoms with Crippen LogP contribution in [0.5, 0.6) is 5.75 Å². The summed E-state index contributed by atoms with van der Waals surface area (Å²) in [7, 11) is 1.69. The van der Waals surface area contributed by atoms with E-state index in [-0.39, 0.29) is 6.04 Å². The first-order valence-electron chi connectivity index (χ1n) is 6.50. The van der Waals surface area contributed by atoms with Gasteiger partial charge in [0.05, 0.1) is 13.2 Å². The SMILES string of the molecule is COc1ccsc1-c1nnc2n1CCNC2C(C)C. The number of fused-ring (bicyclic) bond motifs is 1. The molecule has 0 aliphatic carbocycles. The first-order valence-corrected chi connectivity index (χ1v) is 7.38. The Hall–Kier alpha value is -1.40. The maximum Gasteiger partial charge on any atom is 0.177 e. The third-order valence-corrected chi connectivity index (χ3v) is 4.37. The molecule has 3 heterocycles. The van der Waals surface area contributed by atoms with Gasteiger partial charge in [0, 0.05) is 13.1 Å². The Kier molecular flexibility index (Phi) is 3.28. The minimum Gasteiger partial charge on any atom is -0.495 e. The molecule has 1 aliphatic rings. The monoisotopic (exact) mass is 278 g/mol. The van der Waals surface area contributed by atoms with Crippen molar-refractivity contribution >= 4 is 11.3 Å². The van der Waals surface area contributed by atoms with Gasteiger partial charge in [-0.25, -0.2) is 0 Å². The van der Waals surface area contributed by atoms with E-state index in [2.05, 4.69) is 33.9 Å². The smallest absolute Gasteiger partial charge is 0.177 e. The van der Waals surface area contributed by atoms with E-state index in [4.69, 9.17) is 4.74 Å². The topological polar surface area (TPSA) is 52.0 Å². The van der Waals surface area contributed by atoms with Gasteiger partial charge in [-0.05, 0) is 17.4 Å². The van der Waals surface area contributed by atoms with Crippen molar-refractivity contribution in [1.82, 2.24) is 20.1 Å². The first-order chi connectivity index (χ1) is 9.22. The summed E-state index contributed by atoms with van der Waals surface area (Å²) in [5.41, 5.74) is 0. The number of methoxy groups -OCH3 is 1. The van der Waals surface area contributed by atoms with Gasteiger partial charge in [0.15, 0.2) is 11.6 Å². The van der Waals surface area contributed by atoms with Gasteiger partial charge in [0.1, 0.15) is 10.6 Å². The molecule has 0 amide bonds. The van der Waals surface area contributed by atoms with Crippen LogP contribution in [0, 0.1) is 5.92 Å². The molecule has 1 atom stereocenters. The van der Waals surface area contributed by atoms with E-state index in [0.717, 1.165) is 35.4 Å². The third kappa shape index (κ3) is 2.04. The molecule has 3 rings (SSSR count). The molecule has 0 aromatic carbocycles. The maximum atomic E-state index is 5.39. The fraction of sp³-hybridized carbons (Fsp3) is 0.538. The maximum absolute atomic E-state index is 5.39. The van der Waals surface area contributed by atoms with E-state index < -0.39 is 0 Å². The lowest BCUT2D eigenvalue weighted by atomic mass is 10.0. The molecule has 1 unspecified atom stereocenters. The van der Waals surface area contributed by atoms with Crippen LogP contribution in [0.2, 0.25) is 0 Å². The molecule has 0 radical (unpaired) electrons. The van der Waals surface area contributed by atoms with E-state index in [9.17, 15) is 0 Å². The zero-order valence-corrected chi connectivity index (χ0v) is 12.2. The van der Waals surface area contributed by atoms with Crippen LogP contribution in [0.1, 0.15) is 25.7 Å². The highest BCUT2D eigenvalue weighted by Crippen LogP contribution is 2.36. The predicted molar refractivity (Wildman–Crippen MR) is 75.5 cm³/mol. The molecule has 1 aliphatic heterocycles. The second-order valence-corrected chi connectivity index (χ2v) is 5.94. The van der Waals surface area contributed by atoms with Crippen LogP contribution in [0.3, 0.4) is 0 Å². The molecule has 5 nitrogen and oxygen atoms in total. The zero-order chi connectivity index (χ0) is 13.4. The molecule has 0 saturated heterocycles. The van der Waals surface area contributed by atoms with Gasteiger partial charge in [-0.2, -0.15) is 0 Å². The Morgan fingerprint density at radius 3 is 3.05 bits per heavy atom. The molecule has 1 N–H and O–H groups in total. The van der Waals surface area contributed by atoms with Crippen molar-refractivity contribution < 1.29 is 4.74 Å². The molecule has 6 heteroatoms. The Morgan fingerprint density at radius 2 is 2.32 bits per heavy atom. The van der Waals surface area contributed by atoms with Crippen molar-refractivity contribution in [3.05, 3.63) is 17.3 Å². The highest BCUT2D eigenvalue weighted by Gasteiger charge is 2.28. The van der Waals surface area contributed by atoms with Gasteiger partial charge in [0.2, 0.25) is 0 Å². The van der Waals surface area contributed by atoms with Gasteiger partial charge in [0.25, 0.3) is 0 Å². The molecule has 102 valence electrons. The first kappa shape index (κ1) is 12.6. The third-order valence-electron chi connectivity index (χ3n) is 3.48. The number of ether oxygens (including phenoxy) is 1. The highest BCUT2D eigenvalue weighted by molar-refractivity contribution is 7.13. The summed E-state index contributed by atoms with van der Waals surface area (Å²) < 4.78 is 7.61. The fourth-order valence-electron chi connectivity index (χ4n) is 2.51. The van der Waals surface area contributed by atoms with Gasteiger partial charge in [-0.3, -0.25) is 0 Å². The molecular formula is C13H18N4OS. The van der Waals surface area contributed by atoms with E-state index >= 15 is 0 Å². The number of hydrogen-bond donors (Lipinski definition) is 1. The van der Waals surface area contributed by atoms with Gasteiger partial charge < -0.3 is 14.6 Å². The number of rotatable bonds is 3. The predicted octanol–water partition coefficient (Wildman–Crippen LogP) is 2.32. The molecule has 19 heavy (non-hydrogen) atoms.